The summed E-state index contributed by atoms with van der Waals surface area (Å²) in [5.74, 6) is -0.0877. The number of carbonyl (C=O) groups excluding carboxylic acids is 1. The molecule has 1 fully saturated rings. The van der Waals surface area contributed by atoms with Crippen LogP contribution in [0.1, 0.15) is 10.6 Å². The highest BCUT2D eigenvalue weighted by Crippen LogP contribution is 2.23. The summed E-state index contributed by atoms with van der Waals surface area (Å²) < 4.78 is 37.9. The molecule has 0 radical (unpaired) electrons. The lowest BCUT2D eigenvalue weighted by molar-refractivity contribution is -0.385. The van der Waals surface area contributed by atoms with Crippen molar-refractivity contribution in [1.82, 2.24) is 9.21 Å². The zero-order valence-electron chi connectivity index (χ0n) is 17.9. The molecular weight excluding hydrogens is 468 g/mol. The van der Waals surface area contributed by atoms with Gasteiger partial charge in [-0.15, -0.1) is 0 Å². The Bertz CT molecular complexity index is 1440. The minimum absolute atomic E-state index is 0.00456. The van der Waals surface area contributed by atoms with Crippen LogP contribution in [-0.4, -0.2) is 66.9 Å². The minimum Gasteiger partial charge on any atom is -0.497 e. The van der Waals surface area contributed by atoms with E-state index in [0.29, 0.717) is 11.1 Å². The van der Waals surface area contributed by atoms with Crippen LogP contribution in [0.25, 0.3) is 11.0 Å². The smallest absolute Gasteiger partial charge is 0.289 e. The molecule has 1 aliphatic heterocycles. The number of hydrogen-bond acceptors (Lipinski definition) is 9. The molecule has 0 atom stereocenters. The van der Waals surface area contributed by atoms with Crippen LogP contribution < -0.4 is 10.1 Å². The topological polar surface area (TPSA) is 156 Å². The van der Waals surface area contributed by atoms with Gasteiger partial charge in [0.15, 0.2) is 5.76 Å². The van der Waals surface area contributed by atoms with Gasteiger partial charge in [0.2, 0.25) is 10.0 Å². The van der Waals surface area contributed by atoms with Crippen LogP contribution in [0.15, 0.2) is 63.0 Å². The van der Waals surface area contributed by atoms with E-state index in [4.69, 9.17) is 9.15 Å². The lowest BCUT2D eigenvalue weighted by Gasteiger charge is -2.33. The van der Waals surface area contributed by atoms with Crippen molar-refractivity contribution in [2.24, 2.45) is 5.16 Å². The maximum atomic E-state index is 13.0. The first kappa shape index (κ1) is 23.2. The number of ether oxygens (including phenoxy) is 1. The van der Waals surface area contributed by atoms with Gasteiger partial charge in [0.25, 0.3) is 11.6 Å². The second kappa shape index (κ2) is 9.11. The molecule has 0 aliphatic carbocycles. The number of methoxy groups -OCH3 is 1. The van der Waals surface area contributed by atoms with Crippen molar-refractivity contribution in [3.05, 3.63) is 69.8 Å². The third kappa shape index (κ3) is 4.30. The molecule has 0 bridgehead atoms. The van der Waals surface area contributed by atoms with E-state index >= 15 is 0 Å². The second-order valence-electron chi connectivity index (χ2n) is 7.41. The molecule has 4 rings (SSSR count). The molecule has 1 aromatic heterocycles. The van der Waals surface area contributed by atoms with E-state index in [0.717, 1.165) is 6.07 Å². The number of carbonyl (C=O) groups is 1. The second-order valence-corrected chi connectivity index (χ2v) is 9.35. The van der Waals surface area contributed by atoms with E-state index in [1.807, 2.05) is 0 Å². The summed E-state index contributed by atoms with van der Waals surface area (Å²) in [6, 6.07) is 11.0. The first-order chi connectivity index (χ1) is 16.2. The Balaban J connectivity index is 1.54. The van der Waals surface area contributed by atoms with Crippen molar-refractivity contribution < 1.29 is 32.5 Å². The van der Waals surface area contributed by atoms with Crippen molar-refractivity contribution in [3.8, 4) is 5.75 Å². The number of piperazine rings is 1. The van der Waals surface area contributed by atoms with Gasteiger partial charge >= 0.3 is 0 Å². The maximum absolute atomic E-state index is 13.0. The van der Waals surface area contributed by atoms with Crippen LogP contribution in [-0.2, 0) is 10.0 Å². The standard InChI is InChI=1S/C21H20N4O8S/c1-32-15-5-6-17-18(22-27)13-20(33-19(17)12-15)21(26)23-7-9-24(10-8-23)34(30,31)16-4-2-3-14(11-16)25(28)29/h2-6,11-13,27H,7-10H2,1H3/b22-18+. The number of sulfonamides is 1. The fourth-order valence-electron chi connectivity index (χ4n) is 3.66. The summed E-state index contributed by atoms with van der Waals surface area (Å²) in [4.78, 5) is 24.6. The van der Waals surface area contributed by atoms with E-state index < -0.39 is 20.9 Å². The number of amides is 1. The van der Waals surface area contributed by atoms with Gasteiger partial charge < -0.3 is 19.3 Å². The Hall–Kier alpha value is -3.97. The third-order valence-electron chi connectivity index (χ3n) is 5.46. The van der Waals surface area contributed by atoms with Crippen LogP contribution in [0.3, 0.4) is 0 Å². The molecule has 1 N–H and O–H groups in total. The number of non-ortho nitro benzene ring substituents is 1. The molecule has 1 saturated heterocycles. The van der Waals surface area contributed by atoms with Gasteiger partial charge in [0.05, 0.1) is 16.9 Å². The quantitative estimate of drug-likeness (QED) is 0.324. The van der Waals surface area contributed by atoms with Gasteiger partial charge in [-0.25, -0.2) is 8.42 Å². The number of hydrogen-bond donors (Lipinski definition) is 1. The molecular formula is C21H20N4O8S. The number of nitro groups is 1. The van der Waals surface area contributed by atoms with Crippen LogP contribution in [0.4, 0.5) is 5.69 Å². The summed E-state index contributed by atoms with van der Waals surface area (Å²) in [7, 11) is -2.49. The molecule has 1 aliphatic rings. The molecule has 3 aromatic rings. The molecule has 13 heteroatoms. The fraction of sp³-hybridized carbons (Fsp3) is 0.238. The highest BCUT2D eigenvalue weighted by molar-refractivity contribution is 7.89. The number of nitrogens with zero attached hydrogens (tertiary/aromatic N) is 4. The van der Waals surface area contributed by atoms with Crippen LogP contribution >= 0.6 is 0 Å². The lowest BCUT2D eigenvalue weighted by Crippen LogP contribution is -2.50. The van der Waals surface area contributed by atoms with Crippen molar-refractivity contribution in [3.63, 3.8) is 0 Å². The lowest BCUT2D eigenvalue weighted by atomic mass is 10.2. The predicted molar refractivity (Wildman–Crippen MR) is 118 cm³/mol. The molecule has 0 saturated carbocycles. The van der Waals surface area contributed by atoms with Gasteiger partial charge in [0, 0.05) is 55.8 Å². The summed E-state index contributed by atoms with van der Waals surface area (Å²) in [6.45, 7) is 0.138. The average molecular weight is 488 g/mol. The van der Waals surface area contributed by atoms with Crippen LogP contribution in [0.2, 0.25) is 0 Å². The summed E-state index contributed by atoms with van der Waals surface area (Å²) in [5.41, 5.74) is -0.0422. The highest BCUT2D eigenvalue weighted by atomic mass is 32.2. The van der Waals surface area contributed by atoms with E-state index in [1.54, 1.807) is 18.2 Å². The first-order valence-corrected chi connectivity index (χ1v) is 11.5. The van der Waals surface area contributed by atoms with Crippen LogP contribution in [0, 0.1) is 10.1 Å². The molecule has 2 aromatic carbocycles. The van der Waals surface area contributed by atoms with Crippen molar-refractivity contribution in [1.29, 1.82) is 0 Å². The van der Waals surface area contributed by atoms with Crippen molar-refractivity contribution in [2.45, 2.75) is 4.90 Å². The molecule has 34 heavy (non-hydrogen) atoms. The highest BCUT2D eigenvalue weighted by Gasteiger charge is 2.32. The zero-order valence-corrected chi connectivity index (χ0v) is 18.8. The average Bonchev–Trinajstić information content (AvgIpc) is 2.87. The van der Waals surface area contributed by atoms with Crippen molar-refractivity contribution >= 4 is 32.6 Å². The Labute approximate surface area is 193 Å². The van der Waals surface area contributed by atoms with E-state index in [-0.39, 0.29) is 53.5 Å². The molecule has 1 amide bonds. The normalized spacial score (nSPS) is 15.4. The Kier molecular flexibility index (Phi) is 6.22. The predicted octanol–water partition coefficient (Wildman–Crippen LogP) is 1.79. The Morgan fingerprint density at radius 2 is 1.88 bits per heavy atom. The monoisotopic (exact) mass is 488 g/mol. The van der Waals surface area contributed by atoms with Crippen LogP contribution in [0.5, 0.6) is 5.75 Å². The minimum atomic E-state index is -3.97. The van der Waals surface area contributed by atoms with Gasteiger partial charge in [-0.05, 0) is 18.2 Å². The van der Waals surface area contributed by atoms with E-state index in [2.05, 4.69) is 5.16 Å². The van der Waals surface area contributed by atoms with Gasteiger partial charge in [-0.3, -0.25) is 14.9 Å². The molecule has 178 valence electrons. The third-order valence-corrected chi connectivity index (χ3v) is 7.36. The number of fused-ring (bicyclic) bond motifs is 1. The first-order valence-electron chi connectivity index (χ1n) is 10.1. The fourth-order valence-corrected chi connectivity index (χ4v) is 5.12. The Morgan fingerprint density at radius 1 is 1.15 bits per heavy atom. The molecule has 0 unspecified atom stereocenters. The molecule has 12 nitrogen and oxygen atoms in total. The zero-order chi connectivity index (χ0) is 24.5. The van der Waals surface area contributed by atoms with E-state index in [9.17, 15) is 28.5 Å². The molecule has 0 spiro atoms. The SMILES string of the molecule is COc1ccc2/c(=N/O)cc(C(=O)N3CCN(S(=O)(=O)c4cccc([N+](=O)[O-])c4)CC3)oc2c1. The molecule has 2 heterocycles. The Morgan fingerprint density at radius 3 is 2.53 bits per heavy atom. The van der Waals surface area contributed by atoms with Gasteiger partial charge in [-0.1, -0.05) is 11.2 Å². The van der Waals surface area contributed by atoms with E-state index in [1.165, 1.54) is 40.6 Å². The maximum Gasteiger partial charge on any atom is 0.289 e. The number of benzene rings is 2. The summed E-state index contributed by atoms with van der Waals surface area (Å²) in [6.07, 6.45) is 0. The van der Waals surface area contributed by atoms with Gasteiger partial charge in [0.1, 0.15) is 16.7 Å². The summed E-state index contributed by atoms with van der Waals surface area (Å²) >= 11 is 0. The largest absolute Gasteiger partial charge is 0.497 e. The summed E-state index contributed by atoms with van der Waals surface area (Å²) in [5, 5.41) is 24.2. The van der Waals surface area contributed by atoms with Gasteiger partial charge in [-0.2, -0.15) is 4.31 Å². The number of nitro benzene ring substituents is 1. The number of rotatable bonds is 5. The van der Waals surface area contributed by atoms with Crippen molar-refractivity contribution in [2.75, 3.05) is 33.3 Å².